The quantitative estimate of drug-likeness (QED) is 0.549. The average molecular weight is 166 g/mol. The third-order valence-corrected chi connectivity index (χ3v) is 3.11. The van der Waals surface area contributed by atoms with Gasteiger partial charge in [0.25, 0.3) is 0 Å². The molecule has 0 N–H and O–H groups in total. The molecule has 0 aromatic carbocycles. The molecule has 2 aliphatic heterocycles. The van der Waals surface area contributed by atoms with E-state index in [1.54, 1.807) is 6.26 Å². The standard InChI is InChI=1S/C10H14O2/c1-7-6-10(2)9(11)5-8(7)3-4-12-10/h3-4,7-8H,5-6H2,1-2H3/t7-,8+,10+/m0/s1. The molecule has 2 bridgehead atoms. The summed E-state index contributed by atoms with van der Waals surface area (Å²) >= 11 is 0. The summed E-state index contributed by atoms with van der Waals surface area (Å²) in [6.07, 6.45) is 5.26. The van der Waals surface area contributed by atoms with Crippen LogP contribution in [0.3, 0.4) is 0 Å². The maximum absolute atomic E-state index is 11.6. The highest BCUT2D eigenvalue weighted by Gasteiger charge is 2.44. The van der Waals surface area contributed by atoms with Crippen LogP contribution in [0.1, 0.15) is 26.7 Å². The van der Waals surface area contributed by atoms with E-state index in [-0.39, 0.29) is 5.78 Å². The number of carbonyl (C=O) groups is 1. The fourth-order valence-electron chi connectivity index (χ4n) is 2.17. The zero-order valence-electron chi connectivity index (χ0n) is 7.54. The number of carbonyl (C=O) groups excluding carboxylic acids is 1. The zero-order chi connectivity index (χ0) is 8.77. The molecule has 1 aliphatic carbocycles. The molecule has 0 amide bonds. The Balaban J connectivity index is 2.35. The van der Waals surface area contributed by atoms with Gasteiger partial charge in [0.2, 0.25) is 0 Å². The number of fused-ring (bicyclic) bond motifs is 3. The fourth-order valence-corrected chi connectivity index (χ4v) is 2.17. The van der Waals surface area contributed by atoms with Crippen molar-refractivity contribution in [3.05, 3.63) is 12.3 Å². The van der Waals surface area contributed by atoms with Gasteiger partial charge in [0.1, 0.15) is 0 Å². The van der Waals surface area contributed by atoms with Crippen LogP contribution in [0.2, 0.25) is 0 Å². The second kappa shape index (κ2) is 2.35. The Morgan fingerprint density at radius 1 is 1.67 bits per heavy atom. The molecule has 1 saturated carbocycles. The molecule has 0 aromatic rings. The van der Waals surface area contributed by atoms with Gasteiger partial charge in [0.05, 0.1) is 6.26 Å². The molecule has 1 fully saturated rings. The second-order valence-corrected chi connectivity index (χ2v) is 4.15. The number of ether oxygens (including phenoxy) is 1. The SMILES string of the molecule is C[C@H]1C[C@@]2(C)OC=C[C@@H]1CC2=O. The van der Waals surface area contributed by atoms with Crippen molar-refractivity contribution in [1.82, 2.24) is 0 Å². The van der Waals surface area contributed by atoms with Gasteiger partial charge in [-0.2, -0.15) is 0 Å². The first-order chi connectivity index (χ1) is 5.62. The molecule has 66 valence electrons. The van der Waals surface area contributed by atoms with E-state index >= 15 is 0 Å². The first-order valence-electron chi connectivity index (χ1n) is 4.49. The van der Waals surface area contributed by atoms with E-state index in [0.29, 0.717) is 18.3 Å². The fraction of sp³-hybridized carbons (Fsp3) is 0.700. The van der Waals surface area contributed by atoms with Crippen LogP contribution in [0.15, 0.2) is 12.3 Å². The Bertz CT molecular complexity index is 244. The number of Topliss-reactive ketones (excluding diaryl/α,β-unsaturated/α-hetero) is 1. The van der Waals surface area contributed by atoms with Gasteiger partial charge >= 0.3 is 0 Å². The van der Waals surface area contributed by atoms with Gasteiger partial charge in [-0.25, -0.2) is 0 Å². The van der Waals surface area contributed by atoms with Gasteiger partial charge in [-0.1, -0.05) is 6.92 Å². The Morgan fingerprint density at radius 3 is 3.17 bits per heavy atom. The van der Waals surface area contributed by atoms with Crippen molar-refractivity contribution in [3.63, 3.8) is 0 Å². The van der Waals surface area contributed by atoms with Crippen LogP contribution in [0.4, 0.5) is 0 Å². The minimum Gasteiger partial charge on any atom is -0.488 e. The van der Waals surface area contributed by atoms with Crippen molar-refractivity contribution in [2.45, 2.75) is 32.3 Å². The summed E-state index contributed by atoms with van der Waals surface area (Å²) in [7, 11) is 0. The predicted octanol–water partition coefficient (Wildman–Crippen LogP) is 1.90. The number of allylic oxidation sites excluding steroid dienone is 1. The molecular formula is C10H14O2. The first kappa shape index (κ1) is 7.84. The zero-order valence-corrected chi connectivity index (χ0v) is 7.54. The van der Waals surface area contributed by atoms with Gasteiger partial charge in [0, 0.05) is 6.42 Å². The molecule has 0 spiro atoms. The molecule has 0 radical (unpaired) electrons. The van der Waals surface area contributed by atoms with Crippen molar-refractivity contribution in [2.75, 3.05) is 0 Å². The molecule has 0 unspecified atom stereocenters. The van der Waals surface area contributed by atoms with E-state index in [0.717, 1.165) is 6.42 Å². The summed E-state index contributed by atoms with van der Waals surface area (Å²) in [6, 6.07) is 0. The van der Waals surface area contributed by atoms with Crippen molar-refractivity contribution in [3.8, 4) is 0 Å². The van der Waals surface area contributed by atoms with Crippen LogP contribution in [0.25, 0.3) is 0 Å². The van der Waals surface area contributed by atoms with Crippen LogP contribution in [0, 0.1) is 11.8 Å². The maximum Gasteiger partial charge on any atom is 0.176 e. The molecule has 3 rings (SSSR count). The minimum absolute atomic E-state index is 0.260. The lowest BCUT2D eigenvalue weighted by molar-refractivity contribution is -0.141. The first-order valence-corrected chi connectivity index (χ1v) is 4.49. The van der Waals surface area contributed by atoms with Crippen molar-refractivity contribution < 1.29 is 9.53 Å². The van der Waals surface area contributed by atoms with Crippen LogP contribution < -0.4 is 0 Å². The predicted molar refractivity (Wildman–Crippen MR) is 45.5 cm³/mol. The summed E-state index contributed by atoms with van der Waals surface area (Å²) in [4.78, 5) is 11.6. The van der Waals surface area contributed by atoms with Gasteiger partial charge in [-0.05, 0) is 31.3 Å². The molecule has 3 aliphatic rings. The highest BCUT2D eigenvalue weighted by atomic mass is 16.5. The minimum atomic E-state index is -0.525. The Morgan fingerprint density at radius 2 is 2.42 bits per heavy atom. The molecule has 12 heavy (non-hydrogen) atoms. The van der Waals surface area contributed by atoms with E-state index in [1.165, 1.54) is 0 Å². The van der Waals surface area contributed by atoms with Crippen molar-refractivity contribution in [2.24, 2.45) is 11.8 Å². The molecule has 3 atom stereocenters. The van der Waals surface area contributed by atoms with E-state index in [2.05, 4.69) is 6.92 Å². The van der Waals surface area contributed by atoms with Gasteiger partial charge < -0.3 is 4.74 Å². The summed E-state index contributed by atoms with van der Waals surface area (Å²) in [5, 5.41) is 0. The van der Waals surface area contributed by atoms with Crippen molar-refractivity contribution in [1.29, 1.82) is 0 Å². The smallest absolute Gasteiger partial charge is 0.176 e. The summed E-state index contributed by atoms with van der Waals surface area (Å²) in [5.74, 6) is 1.25. The number of hydrogen-bond acceptors (Lipinski definition) is 2. The van der Waals surface area contributed by atoms with E-state index < -0.39 is 5.60 Å². The van der Waals surface area contributed by atoms with E-state index in [1.807, 2.05) is 13.0 Å². The molecule has 0 saturated heterocycles. The Kier molecular flexibility index (Phi) is 1.53. The molecule has 0 aromatic heterocycles. The molecule has 2 heterocycles. The Labute approximate surface area is 72.6 Å². The third-order valence-electron chi connectivity index (χ3n) is 3.11. The lowest BCUT2D eigenvalue weighted by Crippen LogP contribution is -2.43. The monoisotopic (exact) mass is 166 g/mol. The second-order valence-electron chi connectivity index (χ2n) is 4.15. The van der Waals surface area contributed by atoms with Gasteiger partial charge in [-0.15, -0.1) is 0 Å². The molecule has 2 heteroatoms. The largest absolute Gasteiger partial charge is 0.488 e. The highest BCUT2D eigenvalue weighted by Crippen LogP contribution is 2.39. The van der Waals surface area contributed by atoms with Crippen LogP contribution >= 0.6 is 0 Å². The summed E-state index contributed by atoms with van der Waals surface area (Å²) in [6.45, 7) is 4.09. The van der Waals surface area contributed by atoms with Crippen LogP contribution in [-0.2, 0) is 9.53 Å². The maximum atomic E-state index is 11.6. The van der Waals surface area contributed by atoms with Crippen molar-refractivity contribution >= 4 is 5.78 Å². The normalized spacial score (nSPS) is 45.7. The summed E-state index contributed by atoms with van der Waals surface area (Å²) in [5.41, 5.74) is -0.525. The average Bonchev–Trinajstić information content (AvgIpc) is 2.19. The Hall–Kier alpha value is -0.790. The number of rotatable bonds is 0. The molecular weight excluding hydrogens is 152 g/mol. The highest BCUT2D eigenvalue weighted by molar-refractivity contribution is 5.88. The number of ketones is 1. The number of hydrogen-bond donors (Lipinski definition) is 0. The lowest BCUT2D eigenvalue weighted by atomic mass is 9.73. The van der Waals surface area contributed by atoms with Gasteiger partial charge in [0.15, 0.2) is 11.4 Å². The lowest BCUT2D eigenvalue weighted by Gasteiger charge is -2.35. The third kappa shape index (κ3) is 0.977. The molecule has 2 nitrogen and oxygen atoms in total. The topological polar surface area (TPSA) is 26.3 Å². The van der Waals surface area contributed by atoms with E-state index in [9.17, 15) is 4.79 Å². The van der Waals surface area contributed by atoms with E-state index in [4.69, 9.17) is 4.74 Å². The van der Waals surface area contributed by atoms with Gasteiger partial charge in [-0.3, -0.25) is 4.79 Å². The van der Waals surface area contributed by atoms with Crippen LogP contribution in [0.5, 0.6) is 0 Å². The summed E-state index contributed by atoms with van der Waals surface area (Å²) < 4.78 is 5.43. The van der Waals surface area contributed by atoms with Crippen LogP contribution in [-0.4, -0.2) is 11.4 Å².